The molecule has 25 heavy (non-hydrogen) atoms. The van der Waals surface area contributed by atoms with Gasteiger partial charge in [-0.2, -0.15) is 13.2 Å². The summed E-state index contributed by atoms with van der Waals surface area (Å²) >= 11 is 4.11. The zero-order chi connectivity index (χ0) is 19.4. The van der Waals surface area contributed by atoms with Gasteiger partial charge in [-0.15, -0.1) is 12.6 Å². The van der Waals surface area contributed by atoms with E-state index in [1.165, 1.54) is 0 Å². The number of hydrazine groups is 1. The Morgan fingerprint density at radius 1 is 1.40 bits per heavy atom. The number of hydrogen-bond donors (Lipinski definition) is 5. The average molecular weight is 376 g/mol. The molecule has 1 atom stereocenters. The minimum atomic E-state index is -4.49. The van der Waals surface area contributed by atoms with E-state index < -0.39 is 17.4 Å². The van der Waals surface area contributed by atoms with Crippen LogP contribution in [0.4, 0.5) is 13.2 Å². The van der Waals surface area contributed by atoms with Crippen LogP contribution in [0.1, 0.15) is 26.5 Å². The van der Waals surface area contributed by atoms with Gasteiger partial charge in [-0.25, -0.2) is 0 Å². The highest BCUT2D eigenvalue weighted by atomic mass is 32.1. The van der Waals surface area contributed by atoms with Crippen molar-refractivity contribution in [2.75, 3.05) is 6.61 Å². The van der Waals surface area contributed by atoms with E-state index in [4.69, 9.17) is 16.7 Å². The second-order valence-electron chi connectivity index (χ2n) is 6.34. The van der Waals surface area contributed by atoms with Crippen LogP contribution in [0.15, 0.2) is 40.6 Å². The fourth-order valence-electron chi connectivity index (χ4n) is 1.84. The maximum absolute atomic E-state index is 12.6. The first-order valence-corrected chi connectivity index (χ1v) is 7.90. The molecule has 1 unspecified atom stereocenters. The van der Waals surface area contributed by atoms with Crippen LogP contribution in [-0.4, -0.2) is 28.4 Å². The molecule has 1 aromatic rings. The van der Waals surface area contributed by atoms with Gasteiger partial charge in [0.05, 0.1) is 12.3 Å². The molecule has 1 heterocycles. The normalized spacial score (nSPS) is 17.8. The van der Waals surface area contributed by atoms with Crippen LogP contribution < -0.4 is 17.0 Å². The molecule has 2 rings (SSSR count). The summed E-state index contributed by atoms with van der Waals surface area (Å²) in [7, 11) is 0. The van der Waals surface area contributed by atoms with Crippen molar-refractivity contribution in [3.05, 3.63) is 41.4 Å². The molecule has 1 aliphatic rings. The molecular weight excluding hydrogens is 353 g/mol. The third-order valence-corrected chi connectivity index (χ3v) is 3.58. The molecule has 6 N–H and O–H groups in total. The Balaban J connectivity index is 0.000000450. The number of nitrogens with one attached hydrogen (secondary N) is 1. The van der Waals surface area contributed by atoms with Gasteiger partial charge < -0.3 is 16.3 Å². The lowest BCUT2D eigenvalue weighted by molar-refractivity contribution is -0.0967. The van der Waals surface area contributed by atoms with E-state index in [1.54, 1.807) is 37.6 Å². The van der Waals surface area contributed by atoms with E-state index in [2.05, 4.69) is 17.6 Å². The Hall–Kier alpha value is -1.55. The molecule has 0 aromatic carbocycles. The Bertz CT molecular complexity index is 649. The van der Waals surface area contributed by atoms with Gasteiger partial charge in [0.25, 0.3) is 0 Å². The van der Waals surface area contributed by atoms with E-state index in [-0.39, 0.29) is 12.5 Å². The number of pyridine rings is 1. The standard InChI is InChI=1S/C12H12F3N3S.C4H11NO/c1-6-8(4-10(18-16)12(13,14)15)11(6)9-3-2-7(19)5-17-9;1-4(2,5)3-6/h2-6,18-19H,16H2,1H3;6H,3,5H2,1-2H3/b10-4-;. The fourth-order valence-corrected chi connectivity index (χ4v) is 1.97. The lowest BCUT2D eigenvalue weighted by Gasteiger charge is -2.12. The monoisotopic (exact) mass is 376 g/mol. The van der Waals surface area contributed by atoms with Crippen molar-refractivity contribution in [3.8, 4) is 0 Å². The zero-order valence-corrected chi connectivity index (χ0v) is 15.1. The molecule has 140 valence electrons. The number of rotatable bonds is 4. The lowest BCUT2D eigenvalue weighted by atomic mass is 10.1. The molecule has 0 spiro atoms. The number of aliphatic hydroxyl groups excluding tert-OH is 1. The van der Waals surface area contributed by atoms with Crippen LogP contribution in [-0.2, 0) is 0 Å². The van der Waals surface area contributed by atoms with E-state index >= 15 is 0 Å². The summed E-state index contributed by atoms with van der Waals surface area (Å²) in [4.78, 5) is 4.84. The Morgan fingerprint density at radius 3 is 2.32 bits per heavy atom. The minimum absolute atomic E-state index is 0.0486. The molecule has 0 saturated carbocycles. The van der Waals surface area contributed by atoms with E-state index in [0.717, 1.165) is 11.6 Å². The van der Waals surface area contributed by atoms with E-state index in [9.17, 15) is 13.2 Å². The number of allylic oxidation sites excluding steroid dienone is 4. The number of aromatic nitrogens is 1. The summed E-state index contributed by atoms with van der Waals surface area (Å²) < 4.78 is 37.7. The number of alkyl halides is 3. The summed E-state index contributed by atoms with van der Waals surface area (Å²) in [5.74, 6) is 4.85. The predicted octanol–water partition coefficient (Wildman–Crippen LogP) is 2.40. The van der Waals surface area contributed by atoms with Gasteiger partial charge in [-0.1, -0.05) is 6.92 Å². The Labute approximate surface area is 150 Å². The molecular formula is C16H23F3N4OS. The van der Waals surface area contributed by atoms with Crippen LogP contribution in [0.3, 0.4) is 0 Å². The van der Waals surface area contributed by atoms with Crippen LogP contribution in [0, 0.1) is 5.92 Å². The molecule has 0 aliphatic heterocycles. The van der Waals surface area contributed by atoms with Gasteiger partial charge in [0, 0.05) is 22.5 Å². The Kier molecular flexibility index (Phi) is 7.07. The van der Waals surface area contributed by atoms with Crippen molar-refractivity contribution in [1.82, 2.24) is 10.4 Å². The molecule has 5 nitrogen and oxygen atoms in total. The van der Waals surface area contributed by atoms with Crippen molar-refractivity contribution < 1.29 is 18.3 Å². The third-order valence-electron chi connectivity index (χ3n) is 3.32. The van der Waals surface area contributed by atoms with Crippen LogP contribution in [0.25, 0.3) is 5.57 Å². The second kappa shape index (κ2) is 8.22. The number of nitrogens with two attached hydrogens (primary N) is 2. The number of hydrogen-bond acceptors (Lipinski definition) is 6. The minimum Gasteiger partial charge on any atom is -0.394 e. The topological polar surface area (TPSA) is 97.2 Å². The molecule has 9 heteroatoms. The molecule has 0 saturated heterocycles. The van der Waals surface area contributed by atoms with Crippen molar-refractivity contribution in [1.29, 1.82) is 0 Å². The van der Waals surface area contributed by atoms with Crippen LogP contribution in [0.5, 0.6) is 0 Å². The van der Waals surface area contributed by atoms with Gasteiger partial charge in [0.2, 0.25) is 0 Å². The number of nitrogens with zero attached hydrogens (tertiary/aromatic N) is 1. The van der Waals surface area contributed by atoms with Crippen molar-refractivity contribution in [2.45, 2.75) is 37.4 Å². The smallest absolute Gasteiger partial charge is 0.394 e. The molecule has 1 aromatic heterocycles. The number of thiol groups is 1. The highest BCUT2D eigenvalue weighted by Gasteiger charge is 2.38. The largest absolute Gasteiger partial charge is 0.432 e. The number of aliphatic hydroxyl groups is 1. The summed E-state index contributed by atoms with van der Waals surface area (Å²) in [6.07, 6.45) is -1.91. The zero-order valence-electron chi connectivity index (χ0n) is 14.2. The molecule has 0 fully saturated rings. The van der Waals surface area contributed by atoms with Crippen LogP contribution in [0.2, 0.25) is 0 Å². The fraction of sp³-hybridized carbons (Fsp3) is 0.438. The van der Waals surface area contributed by atoms with Gasteiger partial charge in [0.1, 0.15) is 5.70 Å². The first-order valence-electron chi connectivity index (χ1n) is 7.45. The highest BCUT2D eigenvalue weighted by Crippen LogP contribution is 2.47. The summed E-state index contributed by atoms with van der Waals surface area (Å²) in [5, 5.41) is 8.28. The van der Waals surface area contributed by atoms with Gasteiger partial charge >= 0.3 is 6.18 Å². The molecule has 0 amide bonds. The lowest BCUT2D eigenvalue weighted by Crippen LogP contribution is -2.35. The van der Waals surface area contributed by atoms with E-state index in [1.807, 2.05) is 6.92 Å². The molecule has 1 aliphatic carbocycles. The van der Waals surface area contributed by atoms with Gasteiger partial charge in [0.15, 0.2) is 0 Å². The third kappa shape index (κ3) is 6.69. The van der Waals surface area contributed by atoms with Crippen LogP contribution >= 0.6 is 12.6 Å². The second-order valence-corrected chi connectivity index (χ2v) is 6.86. The predicted molar refractivity (Wildman–Crippen MR) is 94.4 cm³/mol. The molecule has 0 radical (unpaired) electrons. The maximum atomic E-state index is 12.6. The summed E-state index contributed by atoms with van der Waals surface area (Å²) in [6, 6.07) is 3.48. The Morgan fingerprint density at radius 2 is 1.96 bits per heavy atom. The van der Waals surface area contributed by atoms with Gasteiger partial charge in [-0.05, 0) is 43.2 Å². The van der Waals surface area contributed by atoms with Crippen molar-refractivity contribution in [3.63, 3.8) is 0 Å². The first-order chi connectivity index (χ1) is 11.4. The summed E-state index contributed by atoms with van der Waals surface area (Å²) in [6.45, 7) is 5.41. The quantitative estimate of drug-likeness (QED) is 0.316. The number of halogens is 3. The highest BCUT2D eigenvalue weighted by molar-refractivity contribution is 7.80. The molecule has 0 bridgehead atoms. The summed E-state index contributed by atoms with van der Waals surface area (Å²) in [5.41, 5.74) is 7.65. The van der Waals surface area contributed by atoms with Crippen molar-refractivity contribution >= 4 is 18.2 Å². The average Bonchev–Trinajstić information content (AvgIpc) is 3.14. The van der Waals surface area contributed by atoms with E-state index in [0.29, 0.717) is 16.2 Å². The maximum Gasteiger partial charge on any atom is 0.432 e. The SMILES string of the molecule is CC(C)(N)CO.CC1C(/C=C(\NN)C(F)(F)F)=C1c1ccc(S)cn1. The van der Waals surface area contributed by atoms with Gasteiger partial charge in [-0.3, -0.25) is 10.8 Å². The first kappa shape index (κ1) is 21.5. The van der Waals surface area contributed by atoms with Crippen molar-refractivity contribution in [2.24, 2.45) is 17.5 Å².